The first kappa shape index (κ1) is 15.4. The first-order chi connectivity index (χ1) is 10.1. The van der Waals surface area contributed by atoms with E-state index in [1.54, 1.807) is 29.2 Å². The van der Waals surface area contributed by atoms with Crippen molar-refractivity contribution in [1.29, 1.82) is 0 Å². The number of hydrogen-bond donors (Lipinski definition) is 1. The highest BCUT2D eigenvalue weighted by Gasteiger charge is 2.21. The van der Waals surface area contributed by atoms with Crippen molar-refractivity contribution in [1.82, 2.24) is 4.90 Å². The molecule has 1 aromatic rings. The Morgan fingerprint density at radius 3 is 2.33 bits per heavy atom. The minimum absolute atomic E-state index is 0.104. The third kappa shape index (κ3) is 3.97. The van der Waals surface area contributed by atoms with Gasteiger partial charge in [0.05, 0.1) is 12.7 Å². The molecule has 1 fully saturated rings. The summed E-state index contributed by atoms with van der Waals surface area (Å²) in [5.41, 5.74) is 1.14. The lowest BCUT2D eigenvalue weighted by Crippen LogP contribution is -2.40. The Labute approximate surface area is 125 Å². The van der Waals surface area contributed by atoms with Gasteiger partial charge in [-0.1, -0.05) is 19.3 Å². The van der Waals surface area contributed by atoms with Gasteiger partial charge in [-0.05, 0) is 37.1 Å². The smallest absolute Gasteiger partial charge is 0.337 e. The van der Waals surface area contributed by atoms with E-state index >= 15 is 0 Å². The molecule has 1 saturated carbocycles. The lowest BCUT2D eigenvalue weighted by Gasteiger charge is -2.31. The normalized spacial score (nSPS) is 15.3. The quantitative estimate of drug-likeness (QED) is 0.869. The molecule has 0 aliphatic heterocycles. The van der Waals surface area contributed by atoms with E-state index in [0.717, 1.165) is 12.8 Å². The fourth-order valence-corrected chi connectivity index (χ4v) is 2.65. The molecular formula is C16H22N2O3. The van der Waals surface area contributed by atoms with Gasteiger partial charge in [-0.2, -0.15) is 0 Å². The van der Waals surface area contributed by atoms with Gasteiger partial charge in [0.2, 0.25) is 0 Å². The van der Waals surface area contributed by atoms with Gasteiger partial charge >= 0.3 is 12.0 Å². The Hall–Kier alpha value is -2.04. The predicted octanol–water partition coefficient (Wildman–Crippen LogP) is 3.27. The summed E-state index contributed by atoms with van der Waals surface area (Å²) >= 11 is 0. The van der Waals surface area contributed by atoms with E-state index in [1.165, 1.54) is 26.4 Å². The van der Waals surface area contributed by atoms with E-state index < -0.39 is 0 Å². The number of carbonyl (C=O) groups excluding carboxylic acids is 2. The van der Waals surface area contributed by atoms with E-state index in [9.17, 15) is 9.59 Å². The second kappa shape index (κ2) is 7.11. The number of esters is 1. The van der Waals surface area contributed by atoms with Gasteiger partial charge in [0.15, 0.2) is 0 Å². The molecule has 114 valence electrons. The van der Waals surface area contributed by atoms with Crippen LogP contribution in [0.2, 0.25) is 0 Å². The van der Waals surface area contributed by atoms with Crippen molar-refractivity contribution in [3.05, 3.63) is 29.8 Å². The van der Waals surface area contributed by atoms with Crippen LogP contribution < -0.4 is 5.32 Å². The van der Waals surface area contributed by atoms with E-state index in [4.69, 9.17) is 0 Å². The number of benzene rings is 1. The molecule has 1 aliphatic carbocycles. The minimum Gasteiger partial charge on any atom is -0.465 e. The topological polar surface area (TPSA) is 58.6 Å². The maximum atomic E-state index is 12.2. The molecule has 0 heterocycles. The van der Waals surface area contributed by atoms with Gasteiger partial charge in [-0.15, -0.1) is 0 Å². The molecule has 0 aromatic heterocycles. The third-order valence-corrected chi connectivity index (χ3v) is 4.00. The van der Waals surface area contributed by atoms with Gasteiger partial charge in [0, 0.05) is 18.8 Å². The zero-order chi connectivity index (χ0) is 15.2. The van der Waals surface area contributed by atoms with Gasteiger partial charge in [0.25, 0.3) is 0 Å². The summed E-state index contributed by atoms with van der Waals surface area (Å²) in [4.78, 5) is 25.3. The van der Waals surface area contributed by atoms with Crippen LogP contribution >= 0.6 is 0 Å². The Morgan fingerprint density at radius 2 is 1.76 bits per heavy atom. The van der Waals surface area contributed by atoms with E-state index in [-0.39, 0.29) is 12.0 Å². The molecule has 0 atom stereocenters. The van der Waals surface area contributed by atoms with Crippen molar-refractivity contribution in [2.45, 2.75) is 38.1 Å². The highest BCUT2D eigenvalue weighted by Crippen LogP contribution is 2.22. The zero-order valence-electron chi connectivity index (χ0n) is 12.6. The molecule has 2 amide bonds. The van der Waals surface area contributed by atoms with Crippen molar-refractivity contribution in [3.63, 3.8) is 0 Å². The summed E-state index contributed by atoms with van der Waals surface area (Å²) in [5.74, 6) is -0.382. The Balaban J connectivity index is 1.94. The maximum absolute atomic E-state index is 12.2. The van der Waals surface area contributed by atoms with Crippen LogP contribution in [0.3, 0.4) is 0 Å². The van der Waals surface area contributed by atoms with E-state index in [2.05, 4.69) is 10.1 Å². The molecule has 0 bridgehead atoms. The molecule has 0 saturated heterocycles. The van der Waals surface area contributed by atoms with Crippen LogP contribution in [0, 0.1) is 0 Å². The number of methoxy groups -OCH3 is 1. The van der Waals surface area contributed by atoms with Crippen LogP contribution in [0.1, 0.15) is 42.5 Å². The summed E-state index contributed by atoms with van der Waals surface area (Å²) in [6.07, 6.45) is 5.80. The Bertz CT molecular complexity index is 493. The van der Waals surface area contributed by atoms with Crippen LogP contribution in [0.4, 0.5) is 10.5 Å². The molecule has 2 rings (SSSR count). The summed E-state index contributed by atoms with van der Waals surface area (Å²) in [6, 6.07) is 6.92. The van der Waals surface area contributed by atoms with Crippen molar-refractivity contribution in [2.24, 2.45) is 0 Å². The summed E-state index contributed by atoms with van der Waals surface area (Å²) in [7, 11) is 3.19. The molecular weight excluding hydrogens is 268 g/mol. The van der Waals surface area contributed by atoms with E-state index in [1.807, 2.05) is 7.05 Å². The molecule has 1 aromatic carbocycles. The molecule has 21 heavy (non-hydrogen) atoms. The first-order valence-electron chi connectivity index (χ1n) is 7.34. The van der Waals surface area contributed by atoms with E-state index in [0.29, 0.717) is 17.3 Å². The number of anilines is 1. The summed E-state index contributed by atoms with van der Waals surface area (Å²) in [5, 5.41) is 2.86. The number of amides is 2. The van der Waals surface area contributed by atoms with Crippen molar-refractivity contribution < 1.29 is 14.3 Å². The van der Waals surface area contributed by atoms with Gasteiger partial charge < -0.3 is 15.0 Å². The summed E-state index contributed by atoms with van der Waals surface area (Å²) in [6.45, 7) is 0. The van der Waals surface area contributed by atoms with Gasteiger partial charge in [-0.25, -0.2) is 9.59 Å². The lowest BCUT2D eigenvalue weighted by atomic mass is 9.95. The van der Waals surface area contributed by atoms with Crippen molar-refractivity contribution in [2.75, 3.05) is 19.5 Å². The fourth-order valence-electron chi connectivity index (χ4n) is 2.65. The fraction of sp³-hybridized carbons (Fsp3) is 0.500. The number of nitrogens with one attached hydrogen (secondary N) is 1. The van der Waals surface area contributed by atoms with Crippen LogP contribution in [-0.4, -0.2) is 37.1 Å². The van der Waals surface area contributed by atoms with Crippen molar-refractivity contribution >= 4 is 17.7 Å². The standard InChI is InChI=1S/C16H22N2O3/c1-18(14-6-4-3-5-7-14)16(20)17-13-10-8-12(9-11-13)15(19)21-2/h8-11,14H,3-7H2,1-2H3,(H,17,20). The maximum Gasteiger partial charge on any atom is 0.337 e. The number of rotatable bonds is 3. The van der Waals surface area contributed by atoms with Crippen LogP contribution in [0.5, 0.6) is 0 Å². The number of nitrogens with zero attached hydrogens (tertiary/aromatic N) is 1. The Kier molecular flexibility index (Phi) is 5.20. The first-order valence-corrected chi connectivity index (χ1v) is 7.34. The Morgan fingerprint density at radius 1 is 1.14 bits per heavy atom. The van der Waals surface area contributed by atoms with Gasteiger partial charge in [0.1, 0.15) is 0 Å². The van der Waals surface area contributed by atoms with Crippen molar-refractivity contribution in [3.8, 4) is 0 Å². The van der Waals surface area contributed by atoms with Crippen LogP contribution in [0.25, 0.3) is 0 Å². The second-order valence-electron chi connectivity index (χ2n) is 5.40. The van der Waals surface area contributed by atoms with Crippen LogP contribution in [0.15, 0.2) is 24.3 Å². The number of ether oxygens (including phenoxy) is 1. The second-order valence-corrected chi connectivity index (χ2v) is 5.40. The number of urea groups is 1. The number of hydrogen-bond acceptors (Lipinski definition) is 3. The molecule has 0 spiro atoms. The molecule has 0 radical (unpaired) electrons. The largest absolute Gasteiger partial charge is 0.465 e. The molecule has 5 heteroatoms. The van der Waals surface area contributed by atoms with Crippen LogP contribution in [-0.2, 0) is 4.74 Å². The molecule has 0 unspecified atom stereocenters. The highest BCUT2D eigenvalue weighted by atomic mass is 16.5. The monoisotopic (exact) mass is 290 g/mol. The summed E-state index contributed by atoms with van der Waals surface area (Å²) < 4.78 is 4.64. The molecule has 5 nitrogen and oxygen atoms in total. The predicted molar refractivity (Wildman–Crippen MR) is 81.4 cm³/mol. The lowest BCUT2D eigenvalue weighted by molar-refractivity contribution is 0.0601. The highest BCUT2D eigenvalue weighted by molar-refractivity contribution is 5.92. The zero-order valence-corrected chi connectivity index (χ0v) is 12.6. The SMILES string of the molecule is COC(=O)c1ccc(NC(=O)N(C)C2CCCCC2)cc1. The average Bonchev–Trinajstić information content (AvgIpc) is 2.55. The molecule has 1 N–H and O–H groups in total. The average molecular weight is 290 g/mol. The minimum atomic E-state index is -0.382. The van der Waals surface area contributed by atoms with Gasteiger partial charge in [-0.3, -0.25) is 0 Å². The third-order valence-electron chi connectivity index (χ3n) is 4.00. The number of carbonyl (C=O) groups is 2. The molecule has 1 aliphatic rings.